The Morgan fingerprint density at radius 1 is 1.70 bits per heavy atom. The molecule has 0 aliphatic heterocycles. The summed E-state index contributed by atoms with van der Waals surface area (Å²) in [5.41, 5.74) is 6.39. The Balaban J connectivity index is 4.61. The van der Waals surface area contributed by atoms with Crippen LogP contribution in [0.4, 0.5) is 0 Å². The lowest BCUT2D eigenvalue weighted by Crippen LogP contribution is -2.01. The molecule has 0 unspecified atom stereocenters. The molecule has 0 saturated carbocycles. The summed E-state index contributed by atoms with van der Waals surface area (Å²) in [6.45, 7) is 5.00. The maximum absolute atomic E-state index is 8.89. The molecule has 0 aliphatic carbocycles. The zero-order valence-corrected chi connectivity index (χ0v) is 6.26. The molecule has 0 radical (unpaired) electrons. The van der Waals surface area contributed by atoms with E-state index in [1.807, 2.05) is 0 Å². The van der Waals surface area contributed by atoms with Gasteiger partial charge in [-0.25, -0.2) is 0 Å². The number of hydrogen-bond acceptors (Lipinski definition) is 3. The molecule has 10 heavy (non-hydrogen) atoms. The van der Waals surface area contributed by atoms with Gasteiger partial charge in [0.15, 0.2) is 0 Å². The second kappa shape index (κ2) is 3.71. The number of nitrogens with zero attached hydrogens (tertiary/aromatic N) is 1. The molecule has 0 spiro atoms. The third-order valence-corrected chi connectivity index (χ3v) is 0.994. The van der Waals surface area contributed by atoms with E-state index in [1.54, 1.807) is 14.0 Å². The van der Waals surface area contributed by atoms with Gasteiger partial charge in [-0.05, 0) is 6.92 Å². The van der Waals surface area contributed by atoms with E-state index in [-0.39, 0.29) is 5.76 Å². The van der Waals surface area contributed by atoms with Gasteiger partial charge in [0.1, 0.15) is 5.76 Å². The fourth-order valence-electron chi connectivity index (χ4n) is 0.533. The summed E-state index contributed by atoms with van der Waals surface area (Å²) in [5.74, 6) is -0.0504. The maximum Gasteiger partial charge on any atom is 0.118 e. The first-order valence-electron chi connectivity index (χ1n) is 2.86. The Kier molecular flexibility index (Phi) is 3.25. The van der Waals surface area contributed by atoms with Gasteiger partial charge in [-0.1, -0.05) is 6.58 Å². The van der Waals surface area contributed by atoms with Crippen LogP contribution in [0.1, 0.15) is 6.92 Å². The largest absolute Gasteiger partial charge is 0.508 e. The Hall–Kier alpha value is -1.25. The van der Waals surface area contributed by atoms with E-state index in [9.17, 15) is 0 Å². The van der Waals surface area contributed by atoms with Gasteiger partial charge in [0.05, 0.1) is 5.57 Å². The number of hydrogen-bond donors (Lipinski definition) is 2. The van der Waals surface area contributed by atoms with Crippen LogP contribution in [0.2, 0.25) is 0 Å². The summed E-state index contributed by atoms with van der Waals surface area (Å²) < 4.78 is 0. The first kappa shape index (κ1) is 8.75. The second-order valence-electron chi connectivity index (χ2n) is 1.93. The maximum atomic E-state index is 8.89. The van der Waals surface area contributed by atoms with Crippen LogP contribution in [-0.4, -0.2) is 18.4 Å². The average Bonchev–Trinajstić information content (AvgIpc) is 1.81. The number of aliphatic hydroxyl groups excluding tert-OH is 1. The minimum atomic E-state index is -0.0504. The summed E-state index contributed by atoms with van der Waals surface area (Å²) >= 11 is 0. The van der Waals surface area contributed by atoms with E-state index in [4.69, 9.17) is 10.8 Å². The first-order chi connectivity index (χ1) is 4.59. The van der Waals surface area contributed by atoms with Crippen molar-refractivity contribution >= 4 is 6.21 Å². The summed E-state index contributed by atoms with van der Waals surface area (Å²) in [5, 5.41) is 8.89. The van der Waals surface area contributed by atoms with Crippen molar-refractivity contribution in [3.05, 3.63) is 23.6 Å². The number of allylic oxidation sites excluding steroid dienone is 2. The summed E-state index contributed by atoms with van der Waals surface area (Å²) in [6.07, 6.45) is 1.47. The van der Waals surface area contributed by atoms with Gasteiger partial charge in [-0.2, -0.15) is 0 Å². The second-order valence-corrected chi connectivity index (χ2v) is 1.93. The Morgan fingerprint density at radius 2 is 2.20 bits per heavy atom. The van der Waals surface area contributed by atoms with E-state index >= 15 is 0 Å². The van der Waals surface area contributed by atoms with Gasteiger partial charge in [0, 0.05) is 19.0 Å². The van der Waals surface area contributed by atoms with Crippen molar-refractivity contribution in [2.75, 3.05) is 7.05 Å². The Labute approximate surface area is 60.6 Å². The molecule has 0 aromatic carbocycles. The third kappa shape index (κ3) is 2.35. The highest BCUT2D eigenvalue weighted by Crippen LogP contribution is 2.03. The van der Waals surface area contributed by atoms with Crippen molar-refractivity contribution in [2.45, 2.75) is 6.92 Å². The van der Waals surface area contributed by atoms with Crippen LogP contribution >= 0.6 is 0 Å². The van der Waals surface area contributed by atoms with Gasteiger partial charge < -0.3 is 10.8 Å². The molecule has 56 valence electrons. The molecule has 0 heterocycles. The first-order valence-corrected chi connectivity index (χ1v) is 2.86. The van der Waals surface area contributed by atoms with Crippen LogP contribution in [0.3, 0.4) is 0 Å². The zero-order chi connectivity index (χ0) is 8.15. The van der Waals surface area contributed by atoms with Crippen molar-refractivity contribution in [3.63, 3.8) is 0 Å². The molecular weight excluding hydrogens is 128 g/mol. The van der Waals surface area contributed by atoms with Crippen molar-refractivity contribution in [1.82, 2.24) is 0 Å². The minimum absolute atomic E-state index is 0.0504. The normalized spacial score (nSPS) is 13.4. The van der Waals surface area contributed by atoms with Crippen molar-refractivity contribution in [3.8, 4) is 0 Å². The number of aliphatic imine (C=N–C) groups is 1. The average molecular weight is 140 g/mol. The fraction of sp³-hybridized carbons (Fsp3) is 0.286. The van der Waals surface area contributed by atoms with Crippen LogP contribution in [-0.2, 0) is 0 Å². The molecule has 3 nitrogen and oxygen atoms in total. The highest BCUT2D eigenvalue weighted by molar-refractivity contribution is 5.84. The molecule has 0 rings (SSSR count). The van der Waals surface area contributed by atoms with Crippen LogP contribution in [0, 0.1) is 0 Å². The van der Waals surface area contributed by atoms with Gasteiger partial charge in [0.25, 0.3) is 0 Å². The molecule has 0 fully saturated rings. The summed E-state index contributed by atoms with van der Waals surface area (Å²) in [7, 11) is 1.60. The lowest BCUT2D eigenvalue weighted by molar-refractivity contribution is 0.430. The van der Waals surface area contributed by atoms with Crippen LogP contribution < -0.4 is 5.73 Å². The topological polar surface area (TPSA) is 58.6 Å². The number of nitrogens with two attached hydrogens (primary N) is 1. The molecular formula is C7H12N2O. The highest BCUT2D eigenvalue weighted by Gasteiger charge is 1.98. The Bertz CT molecular complexity index is 188. The zero-order valence-electron chi connectivity index (χ0n) is 6.26. The molecule has 0 atom stereocenters. The molecule has 0 aliphatic rings. The van der Waals surface area contributed by atoms with Crippen molar-refractivity contribution < 1.29 is 5.11 Å². The lowest BCUT2D eigenvalue weighted by Gasteiger charge is -1.99. The molecule has 3 heteroatoms. The quantitative estimate of drug-likeness (QED) is 0.341. The SMILES string of the molecule is C=C(O)C(C=NC)=C(C)N. The van der Waals surface area contributed by atoms with Crippen LogP contribution in [0.5, 0.6) is 0 Å². The van der Waals surface area contributed by atoms with Crippen LogP contribution in [0.25, 0.3) is 0 Å². The fourth-order valence-corrected chi connectivity index (χ4v) is 0.533. The van der Waals surface area contributed by atoms with E-state index in [1.165, 1.54) is 6.21 Å². The van der Waals surface area contributed by atoms with Gasteiger partial charge in [-0.15, -0.1) is 0 Å². The molecule has 0 saturated heterocycles. The van der Waals surface area contributed by atoms with Crippen molar-refractivity contribution in [2.24, 2.45) is 10.7 Å². The molecule has 3 N–H and O–H groups in total. The number of rotatable bonds is 2. The standard InChI is InChI=1S/C7H12N2O/c1-5(8)7(4-9-3)6(2)10/h4,10H,2,8H2,1,3H3. The van der Waals surface area contributed by atoms with Crippen LogP contribution in [0.15, 0.2) is 28.6 Å². The minimum Gasteiger partial charge on any atom is -0.508 e. The van der Waals surface area contributed by atoms with E-state index in [2.05, 4.69) is 11.6 Å². The molecule has 0 aromatic heterocycles. The van der Waals surface area contributed by atoms with E-state index < -0.39 is 0 Å². The predicted octanol–water partition coefficient (Wildman–Crippen LogP) is 0.991. The molecule has 0 aromatic rings. The monoisotopic (exact) mass is 140 g/mol. The highest BCUT2D eigenvalue weighted by atomic mass is 16.3. The van der Waals surface area contributed by atoms with E-state index in [0.717, 1.165) is 0 Å². The molecule has 0 amide bonds. The summed E-state index contributed by atoms with van der Waals surface area (Å²) in [6, 6.07) is 0. The lowest BCUT2D eigenvalue weighted by atomic mass is 10.2. The summed E-state index contributed by atoms with van der Waals surface area (Å²) in [4.78, 5) is 3.69. The molecule has 0 bridgehead atoms. The Morgan fingerprint density at radius 3 is 2.30 bits per heavy atom. The van der Waals surface area contributed by atoms with Crippen molar-refractivity contribution in [1.29, 1.82) is 0 Å². The van der Waals surface area contributed by atoms with Gasteiger partial charge in [-0.3, -0.25) is 4.99 Å². The van der Waals surface area contributed by atoms with Gasteiger partial charge in [0.2, 0.25) is 0 Å². The number of aliphatic hydroxyl groups is 1. The smallest absolute Gasteiger partial charge is 0.118 e. The predicted molar refractivity (Wildman–Crippen MR) is 43.1 cm³/mol. The van der Waals surface area contributed by atoms with Gasteiger partial charge >= 0.3 is 0 Å². The van der Waals surface area contributed by atoms with E-state index in [0.29, 0.717) is 11.3 Å². The third-order valence-electron chi connectivity index (χ3n) is 0.994.